The maximum Gasteiger partial charge on any atom is 0.317 e. The van der Waals surface area contributed by atoms with Gasteiger partial charge >= 0.3 is 6.03 Å². The number of amides is 2. The summed E-state index contributed by atoms with van der Waals surface area (Å²) in [5.74, 6) is 0.148. The maximum atomic E-state index is 14.3. The zero-order valence-electron chi connectivity index (χ0n) is 22.1. The van der Waals surface area contributed by atoms with Gasteiger partial charge in [0, 0.05) is 74.7 Å². The largest absolute Gasteiger partial charge is 0.341 e. The molecule has 4 N–H and O–H groups in total. The number of nitrogens with one attached hydrogen (secondary N) is 4. The second kappa shape index (κ2) is 11.4. The van der Waals surface area contributed by atoms with Gasteiger partial charge in [0.25, 0.3) is 6.43 Å². The van der Waals surface area contributed by atoms with E-state index < -0.39 is 6.43 Å². The summed E-state index contributed by atoms with van der Waals surface area (Å²) in [4.78, 5) is 16.2. The van der Waals surface area contributed by atoms with Crippen molar-refractivity contribution in [2.45, 2.75) is 50.6 Å². The summed E-state index contributed by atoms with van der Waals surface area (Å²) in [5.41, 5.74) is 2.76. The van der Waals surface area contributed by atoms with Gasteiger partial charge in [-0.1, -0.05) is 0 Å². The number of benzene rings is 1. The Morgan fingerprint density at radius 2 is 2.00 bits per heavy atom. The normalized spacial score (nSPS) is 22.4. The molecule has 206 valence electrons. The molecule has 2 aromatic rings. The average Bonchev–Trinajstić information content (AvgIpc) is 3.38. The number of hydrogen-bond donors (Lipinski definition) is 4. The number of carbonyl (C=O) groups is 1. The second-order valence-corrected chi connectivity index (χ2v) is 10.6. The first-order chi connectivity index (χ1) is 18.4. The molecule has 1 aromatic carbocycles. The summed E-state index contributed by atoms with van der Waals surface area (Å²) in [7, 11) is 3.39. The molecule has 2 amide bonds. The molecule has 2 saturated heterocycles. The Kier molecular flexibility index (Phi) is 7.94. The van der Waals surface area contributed by atoms with Gasteiger partial charge in [-0.25, -0.2) is 13.6 Å². The number of nitrogens with zero attached hydrogens (tertiary/aromatic N) is 4. The average molecular weight is 529 g/mol. The molecular formula is C27H38F2N8O. The molecule has 0 bridgehead atoms. The molecule has 3 aliphatic rings. The Hall–Kier alpha value is -3.05. The number of halogens is 2. The molecular weight excluding hydrogens is 490 g/mol. The summed E-state index contributed by atoms with van der Waals surface area (Å²) in [5, 5.41) is 23.4. The van der Waals surface area contributed by atoms with Crippen molar-refractivity contribution in [3.8, 4) is 11.1 Å². The second-order valence-electron chi connectivity index (χ2n) is 10.6. The molecule has 2 fully saturated rings. The van der Waals surface area contributed by atoms with E-state index in [2.05, 4.69) is 21.0 Å². The van der Waals surface area contributed by atoms with Crippen molar-refractivity contribution in [1.82, 2.24) is 30.6 Å². The van der Waals surface area contributed by atoms with Crippen molar-refractivity contribution in [2.24, 2.45) is 13.0 Å². The van der Waals surface area contributed by atoms with Gasteiger partial charge < -0.3 is 25.8 Å². The van der Waals surface area contributed by atoms with E-state index in [1.165, 1.54) is 0 Å². The number of piperidine rings is 2. The number of urea groups is 1. The first-order valence-electron chi connectivity index (χ1n) is 13.6. The van der Waals surface area contributed by atoms with Crippen LogP contribution >= 0.6 is 0 Å². The number of rotatable bonds is 5. The highest BCUT2D eigenvalue weighted by atomic mass is 19.3. The first-order valence-corrected chi connectivity index (χ1v) is 13.6. The monoisotopic (exact) mass is 528 g/mol. The highest BCUT2D eigenvalue weighted by molar-refractivity contribution is 5.99. The van der Waals surface area contributed by atoms with Crippen LogP contribution in [-0.4, -0.2) is 78.4 Å². The van der Waals surface area contributed by atoms with Crippen molar-refractivity contribution in [2.75, 3.05) is 44.7 Å². The fraction of sp³-hybridized carbons (Fsp3) is 0.593. The van der Waals surface area contributed by atoms with Gasteiger partial charge in [-0.2, -0.15) is 5.10 Å². The Labute approximate surface area is 222 Å². The maximum absolute atomic E-state index is 14.3. The molecule has 38 heavy (non-hydrogen) atoms. The number of alkyl halides is 2. The first kappa shape index (κ1) is 26.6. The number of amidine groups is 1. The lowest BCUT2D eigenvalue weighted by Crippen LogP contribution is -2.60. The van der Waals surface area contributed by atoms with Gasteiger partial charge in [-0.05, 0) is 68.5 Å². The van der Waals surface area contributed by atoms with Gasteiger partial charge in [0.15, 0.2) is 0 Å². The molecule has 0 saturated carbocycles. The van der Waals surface area contributed by atoms with E-state index in [4.69, 9.17) is 0 Å². The van der Waals surface area contributed by atoms with Crippen LogP contribution in [0.1, 0.15) is 43.2 Å². The fourth-order valence-corrected chi connectivity index (χ4v) is 6.15. The third kappa shape index (κ3) is 5.40. The van der Waals surface area contributed by atoms with Crippen LogP contribution in [0.25, 0.3) is 11.1 Å². The summed E-state index contributed by atoms with van der Waals surface area (Å²) in [6.07, 6.45) is 5.10. The van der Waals surface area contributed by atoms with E-state index >= 15 is 0 Å². The van der Waals surface area contributed by atoms with E-state index in [0.717, 1.165) is 50.8 Å². The van der Waals surface area contributed by atoms with E-state index in [1.807, 2.05) is 11.0 Å². The lowest BCUT2D eigenvalue weighted by molar-refractivity contribution is 0.152. The van der Waals surface area contributed by atoms with Crippen molar-refractivity contribution in [1.29, 1.82) is 5.41 Å². The van der Waals surface area contributed by atoms with Crippen molar-refractivity contribution >= 4 is 17.6 Å². The highest BCUT2D eigenvalue weighted by Crippen LogP contribution is 2.39. The Morgan fingerprint density at radius 1 is 1.21 bits per heavy atom. The standard InChI is InChI=1S/C27H38F2N8O/c1-31-27(38)36-11-7-23(34-19-5-8-32-9-6-19)22(16-36)26(30)37-10-3-4-17-12-20(18-14-33-35(2)15-18)21(25(28)29)13-24(17)37/h12-15,19,22-23,25,30,32,34H,3-11,16H2,1-2H3,(H,31,38). The lowest BCUT2D eigenvalue weighted by Gasteiger charge is -2.44. The molecule has 11 heteroatoms. The molecule has 4 heterocycles. The molecule has 2 atom stereocenters. The van der Waals surface area contributed by atoms with Gasteiger partial charge in [0.1, 0.15) is 5.84 Å². The number of carbonyl (C=O) groups excluding carboxylic acids is 1. The minimum absolute atomic E-state index is 0.0427. The van der Waals surface area contributed by atoms with Gasteiger partial charge in [-0.15, -0.1) is 0 Å². The van der Waals surface area contributed by atoms with E-state index in [-0.39, 0.29) is 23.6 Å². The number of aromatic nitrogens is 2. The van der Waals surface area contributed by atoms with Crippen molar-refractivity contribution in [3.05, 3.63) is 35.7 Å². The third-order valence-electron chi connectivity index (χ3n) is 8.17. The summed E-state index contributed by atoms with van der Waals surface area (Å²) in [6.45, 7) is 3.56. The Bertz CT molecular complexity index is 1160. The number of hydrogen-bond acceptors (Lipinski definition) is 5. The lowest BCUT2D eigenvalue weighted by atomic mass is 9.87. The predicted octanol–water partition coefficient (Wildman–Crippen LogP) is 3.13. The quantitative estimate of drug-likeness (QED) is 0.353. The van der Waals surface area contributed by atoms with Crippen LogP contribution < -0.4 is 20.9 Å². The molecule has 0 spiro atoms. The minimum atomic E-state index is -2.65. The number of aryl methyl sites for hydroxylation is 2. The van der Waals surface area contributed by atoms with Crippen LogP contribution in [0.2, 0.25) is 0 Å². The van der Waals surface area contributed by atoms with Crippen LogP contribution in [0.4, 0.5) is 19.3 Å². The Balaban J connectivity index is 1.46. The smallest absolute Gasteiger partial charge is 0.317 e. The van der Waals surface area contributed by atoms with E-state index in [0.29, 0.717) is 48.3 Å². The van der Waals surface area contributed by atoms with Crippen molar-refractivity contribution in [3.63, 3.8) is 0 Å². The third-order valence-corrected chi connectivity index (χ3v) is 8.17. The minimum Gasteiger partial charge on any atom is -0.341 e. The SMILES string of the molecule is CNC(=O)N1CCC(NC2CCNCC2)C(C(=N)N2CCCc3cc(-c4cnn(C)c4)c(C(F)F)cc32)C1. The van der Waals surface area contributed by atoms with Crippen LogP contribution in [0.15, 0.2) is 24.5 Å². The molecule has 2 unspecified atom stereocenters. The van der Waals surface area contributed by atoms with Crippen LogP contribution in [0, 0.1) is 11.3 Å². The predicted molar refractivity (Wildman–Crippen MR) is 144 cm³/mol. The molecule has 0 aliphatic carbocycles. The molecule has 1 aromatic heterocycles. The van der Waals surface area contributed by atoms with E-state index in [1.54, 1.807) is 42.1 Å². The zero-order valence-corrected chi connectivity index (χ0v) is 22.1. The fourth-order valence-electron chi connectivity index (χ4n) is 6.15. The number of fused-ring (bicyclic) bond motifs is 1. The topological polar surface area (TPSA) is 101 Å². The van der Waals surface area contributed by atoms with Crippen LogP contribution in [0.5, 0.6) is 0 Å². The highest BCUT2D eigenvalue weighted by Gasteiger charge is 2.38. The summed E-state index contributed by atoms with van der Waals surface area (Å²) < 4.78 is 30.2. The molecule has 9 nitrogen and oxygen atoms in total. The number of likely N-dealkylation sites (tertiary alicyclic amines) is 1. The summed E-state index contributed by atoms with van der Waals surface area (Å²) in [6, 6.07) is 3.69. The zero-order chi connectivity index (χ0) is 26.8. The van der Waals surface area contributed by atoms with Crippen LogP contribution in [0.3, 0.4) is 0 Å². The van der Waals surface area contributed by atoms with Crippen molar-refractivity contribution < 1.29 is 13.6 Å². The summed E-state index contributed by atoms with van der Waals surface area (Å²) >= 11 is 0. The molecule has 3 aliphatic heterocycles. The molecule has 0 radical (unpaired) electrons. The Morgan fingerprint density at radius 3 is 2.68 bits per heavy atom. The van der Waals surface area contributed by atoms with Crippen LogP contribution in [-0.2, 0) is 13.5 Å². The van der Waals surface area contributed by atoms with Gasteiger partial charge in [0.2, 0.25) is 0 Å². The number of anilines is 1. The van der Waals surface area contributed by atoms with Gasteiger partial charge in [0.05, 0.1) is 6.20 Å². The molecule has 5 rings (SSSR count). The van der Waals surface area contributed by atoms with Gasteiger partial charge in [-0.3, -0.25) is 10.1 Å². The van der Waals surface area contributed by atoms with E-state index in [9.17, 15) is 19.0 Å².